The van der Waals surface area contributed by atoms with Crippen LogP contribution in [0.15, 0.2) is 30.3 Å². The minimum absolute atomic E-state index is 0.112. The third-order valence-electron chi connectivity index (χ3n) is 8.13. The van der Waals surface area contributed by atoms with E-state index in [1.54, 1.807) is 6.07 Å². The molecule has 2 fully saturated rings. The minimum Gasteiger partial charge on any atom is -0.356 e. The van der Waals surface area contributed by atoms with Crippen LogP contribution in [-0.2, 0) is 19.2 Å². The molecule has 2 aliphatic rings. The quantitative estimate of drug-likeness (QED) is 0.257. The Morgan fingerprint density at radius 3 is 2.38 bits per heavy atom. The zero-order valence-electron chi connectivity index (χ0n) is 23.3. The van der Waals surface area contributed by atoms with Gasteiger partial charge >= 0.3 is 0 Å². The maximum absolute atomic E-state index is 13.5. The molecule has 1 aromatic heterocycles. The number of aromatic nitrogens is 1. The highest BCUT2D eigenvalue weighted by Crippen LogP contribution is 2.28. The number of fused-ring (bicyclic) bond motifs is 1. The summed E-state index contributed by atoms with van der Waals surface area (Å²) in [7, 11) is 0. The molecular formula is C30H41N5O5. The molecule has 0 bridgehead atoms. The summed E-state index contributed by atoms with van der Waals surface area (Å²) in [6.07, 6.45) is 7.22. The van der Waals surface area contributed by atoms with Crippen molar-refractivity contribution in [3.8, 4) is 0 Å². The highest BCUT2D eigenvalue weighted by Gasteiger charge is 2.33. The molecule has 4 rings (SSSR count). The fraction of sp³-hybridized carbons (Fsp3) is 0.567. The number of hydrogen-bond donors (Lipinski definition) is 5. The Bertz CT molecular complexity index is 1190. The van der Waals surface area contributed by atoms with Crippen LogP contribution >= 0.6 is 0 Å². The van der Waals surface area contributed by atoms with Crippen molar-refractivity contribution in [2.75, 3.05) is 6.54 Å². The maximum atomic E-state index is 13.5. The van der Waals surface area contributed by atoms with Crippen LogP contribution in [0.5, 0.6) is 0 Å². The zero-order valence-corrected chi connectivity index (χ0v) is 23.3. The van der Waals surface area contributed by atoms with Crippen LogP contribution in [0.4, 0.5) is 0 Å². The fourth-order valence-corrected chi connectivity index (χ4v) is 5.81. The summed E-state index contributed by atoms with van der Waals surface area (Å²) in [6, 6.07) is 6.72. The van der Waals surface area contributed by atoms with Gasteiger partial charge in [0, 0.05) is 23.4 Å². The van der Waals surface area contributed by atoms with Crippen molar-refractivity contribution in [3.63, 3.8) is 0 Å². The molecule has 10 heteroatoms. The molecule has 4 amide bonds. The molecule has 216 valence electrons. The van der Waals surface area contributed by atoms with Crippen LogP contribution in [-0.4, -0.2) is 59.6 Å². The van der Waals surface area contributed by atoms with E-state index in [2.05, 4.69) is 26.3 Å². The van der Waals surface area contributed by atoms with Gasteiger partial charge in [-0.25, -0.2) is 0 Å². The van der Waals surface area contributed by atoms with Crippen molar-refractivity contribution in [3.05, 3.63) is 36.0 Å². The van der Waals surface area contributed by atoms with Gasteiger partial charge in [0.15, 0.2) is 0 Å². The first-order valence-electron chi connectivity index (χ1n) is 14.5. The zero-order chi connectivity index (χ0) is 28.6. The van der Waals surface area contributed by atoms with Crippen molar-refractivity contribution in [2.45, 2.75) is 83.3 Å². The second kappa shape index (κ2) is 13.6. The molecule has 10 nitrogen and oxygen atoms in total. The van der Waals surface area contributed by atoms with E-state index < -0.39 is 35.8 Å². The fourth-order valence-electron chi connectivity index (χ4n) is 5.81. The summed E-state index contributed by atoms with van der Waals surface area (Å²) in [5, 5.41) is 12.1. The first-order chi connectivity index (χ1) is 19.2. The van der Waals surface area contributed by atoms with Gasteiger partial charge in [0.2, 0.25) is 17.7 Å². The van der Waals surface area contributed by atoms with E-state index >= 15 is 0 Å². The lowest BCUT2D eigenvalue weighted by atomic mass is 9.84. The number of carbonyl (C=O) groups is 5. The number of carbonyl (C=O) groups excluding carboxylic acids is 5. The van der Waals surface area contributed by atoms with Crippen molar-refractivity contribution in [1.29, 1.82) is 0 Å². The molecule has 1 aromatic carbocycles. The summed E-state index contributed by atoms with van der Waals surface area (Å²) >= 11 is 0. The summed E-state index contributed by atoms with van der Waals surface area (Å²) in [4.78, 5) is 66.9. The van der Waals surface area contributed by atoms with Crippen LogP contribution in [0.3, 0.4) is 0 Å². The largest absolute Gasteiger partial charge is 0.356 e. The molecule has 1 aliphatic heterocycles. The lowest BCUT2D eigenvalue weighted by Gasteiger charge is -2.29. The number of rotatable bonds is 12. The number of nitrogens with one attached hydrogen (secondary N) is 5. The van der Waals surface area contributed by atoms with Crippen LogP contribution in [0.2, 0.25) is 0 Å². The molecule has 2 aromatic rings. The van der Waals surface area contributed by atoms with Crippen LogP contribution in [0.1, 0.15) is 75.7 Å². The molecule has 2 heterocycles. The van der Waals surface area contributed by atoms with Gasteiger partial charge in [0.05, 0.1) is 6.04 Å². The summed E-state index contributed by atoms with van der Waals surface area (Å²) in [6.45, 7) is 4.23. The van der Waals surface area contributed by atoms with Gasteiger partial charge < -0.3 is 31.0 Å². The second-order valence-electron chi connectivity index (χ2n) is 11.5. The standard InChI is InChI=1S/C30H41N5O5/c1-18(2)26(35-29(39)25-16-20-10-6-7-11-23(20)33-25)30(40)34-24(14-19-8-4-3-5-9-19)28(38)32-22(17-36)15-21-12-13-31-27(21)37/h6-7,10-11,16-19,21-22,24,26,33H,3-5,8-9,12-15H2,1-2H3,(H,31,37)(H,32,38)(H,34,40)(H,35,39)/t21-,22-,24-,26?/m0/s1. The Hall–Kier alpha value is -3.69. The van der Waals surface area contributed by atoms with Gasteiger partial charge in [0.1, 0.15) is 24.1 Å². The Balaban J connectivity index is 1.45. The molecule has 1 saturated carbocycles. The second-order valence-corrected chi connectivity index (χ2v) is 11.5. The van der Waals surface area contributed by atoms with Gasteiger partial charge in [-0.15, -0.1) is 0 Å². The molecule has 0 radical (unpaired) electrons. The van der Waals surface area contributed by atoms with Gasteiger partial charge in [-0.1, -0.05) is 64.2 Å². The predicted octanol–water partition coefficient (Wildman–Crippen LogP) is 2.59. The van der Waals surface area contributed by atoms with E-state index in [0.717, 1.165) is 43.0 Å². The lowest BCUT2D eigenvalue weighted by Crippen LogP contribution is -2.57. The van der Waals surface area contributed by atoms with E-state index in [9.17, 15) is 24.0 Å². The number of aromatic amines is 1. The topological polar surface area (TPSA) is 149 Å². The van der Waals surface area contributed by atoms with Crippen LogP contribution in [0, 0.1) is 17.8 Å². The van der Waals surface area contributed by atoms with Crippen LogP contribution < -0.4 is 21.3 Å². The Morgan fingerprint density at radius 2 is 1.73 bits per heavy atom. The van der Waals surface area contributed by atoms with Gasteiger partial charge in [-0.2, -0.15) is 0 Å². The van der Waals surface area contributed by atoms with Gasteiger partial charge in [-0.3, -0.25) is 19.2 Å². The number of para-hydroxylation sites is 1. The summed E-state index contributed by atoms with van der Waals surface area (Å²) in [5.74, 6) is -1.71. The SMILES string of the molecule is CC(C)C(NC(=O)c1cc2ccccc2[nH]1)C(=O)N[C@@H](CC1CCCCC1)C(=O)N[C@H](C=O)C[C@@H]1CCNC1=O. The highest BCUT2D eigenvalue weighted by molar-refractivity contribution is 6.00. The highest BCUT2D eigenvalue weighted by atomic mass is 16.2. The average Bonchev–Trinajstić information content (AvgIpc) is 3.57. The smallest absolute Gasteiger partial charge is 0.268 e. The van der Waals surface area contributed by atoms with Crippen molar-refractivity contribution in [2.24, 2.45) is 17.8 Å². The molecule has 0 spiro atoms. The first kappa shape index (κ1) is 29.3. The summed E-state index contributed by atoms with van der Waals surface area (Å²) < 4.78 is 0. The molecule has 1 unspecified atom stereocenters. The van der Waals surface area contributed by atoms with E-state index in [1.165, 1.54) is 0 Å². The molecule has 4 atom stereocenters. The third kappa shape index (κ3) is 7.49. The molecular weight excluding hydrogens is 510 g/mol. The molecule has 40 heavy (non-hydrogen) atoms. The maximum Gasteiger partial charge on any atom is 0.268 e. The minimum atomic E-state index is -0.871. The lowest BCUT2D eigenvalue weighted by molar-refractivity contribution is -0.132. The number of benzene rings is 1. The van der Waals surface area contributed by atoms with E-state index in [0.29, 0.717) is 31.4 Å². The summed E-state index contributed by atoms with van der Waals surface area (Å²) in [5.41, 5.74) is 1.17. The first-order valence-corrected chi connectivity index (χ1v) is 14.5. The number of amides is 4. The number of H-pyrrole nitrogens is 1. The van der Waals surface area contributed by atoms with Gasteiger partial charge in [-0.05, 0) is 43.2 Å². The van der Waals surface area contributed by atoms with E-state index in [-0.39, 0.29) is 30.1 Å². The number of hydrogen-bond acceptors (Lipinski definition) is 5. The monoisotopic (exact) mass is 551 g/mol. The molecule has 5 N–H and O–H groups in total. The number of aldehydes is 1. The predicted molar refractivity (Wildman–Crippen MR) is 151 cm³/mol. The Kier molecular flexibility index (Phi) is 9.95. The Morgan fingerprint density at radius 1 is 0.975 bits per heavy atom. The van der Waals surface area contributed by atoms with E-state index in [1.807, 2.05) is 38.1 Å². The molecule has 1 saturated heterocycles. The van der Waals surface area contributed by atoms with Crippen LogP contribution in [0.25, 0.3) is 10.9 Å². The molecule has 1 aliphatic carbocycles. The van der Waals surface area contributed by atoms with Crippen molar-refractivity contribution in [1.82, 2.24) is 26.3 Å². The normalized spacial score (nSPS) is 20.0. The van der Waals surface area contributed by atoms with E-state index in [4.69, 9.17) is 0 Å². The average molecular weight is 552 g/mol. The Labute approximate surface area is 234 Å². The van der Waals surface area contributed by atoms with Gasteiger partial charge in [0.25, 0.3) is 5.91 Å². The van der Waals surface area contributed by atoms with Crippen molar-refractivity contribution < 1.29 is 24.0 Å². The third-order valence-corrected chi connectivity index (χ3v) is 8.13. The van der Waals surface area contributed by atoms with Crippen molar-refractivity contribution >= 4 is 40.8 Å².